The van der Waals surface area contributed by atoms with Crippen LogP contribution in [0.25, 0.3) is 0 Å². The summed E-state index contributed by atoms with van der Waals surface area (Å²) < 4.78 is 0. The van der Waals surface area contributed by atoms with E-state index in [1.807, 2.05) is 65.0 Å². The molecule has 0 aliphatic rings. The minimum Gasteiger partial charge on any atom is -0.335 e. The summed E-state index contributed by atoms with van der Waals surface area (Å²) in [5.74, 6) is -0.124. The normalized spacial score (nSPS) is 8.80. The highest BCUT2D eigenvalue weighted by Crippen LogP contribution is 2.06. The van der Waals surface area contributed by atoms with Crippen molar-refractivity contribution in [3.63, 3.8) is 0 Å². The summed E-state index contributed by atoms with van der Waals surface area (Å²) in [5.41, 5.74) is 1.66. The van der Waals surface area contributed by atoms with Crippen molar-refractivity contribution in [3.05, 3.63) is 35.4 Å². The smallest absolute Gasteiger partial charge is 0.253 e. The van der Waals surface area contributed by atoms with Crippen molar-refractivity contribution in [1.82, 2.24) is 9.80 Å². The van der Waals surface area contributed by atoms with Crippen molar-refractivity contribution in [3.8, 4) is 0 Å². The first kappa shape index (κ1) is 20.6. The Morgan fingerprint density at radius 2 is 1.65 bits per heavy atom. The van der Waals surface area contributed by atoms with E-state index in [9.17, 15) is 9.59 Å². The number of nitrogens with zero attached hydrogens (tertiary/aromatic N) is 2. The highest BCUT2D eigenvalue weighted by atomic mass is 16.2. The Hall–Kier alpha value is -1.68. The Kier molecular flexibility index (Phi) is 12.8. The van der Waals surface area contributed by atoms with Crippen LogP contribution >= 0.6 is 0 Å². The molecule has 0 fully saturated rings. The largest absolute Gasteiger partial charge is 0.335 e. The fourth-order valence-corrected chi connectivity index (χ4v) is 1.19. The molecule has 0 heterocycles. The van der Waals surface area contributed by atoms with E-state index in [0.29, 0.717) is 11.8 Å². The van der Waals surface area contributed by atoms with Gasteiger partial charge in [0.1, 0.15) is 6.29 Å². The molecule has 4 heteroatoms. The number of benzene rings is 1. The van der Waals surface area contributed by atoms with Crippen LogP contribution < -0.4 is 0 Å². The van der Waals surface area contributed by atoms with Crippen molar-refractivity contribution in [1.29, 1.82) is 0 Å². The van der Waals surface area contributed by atoms with Gasteiger partial charge in [0.15, 0.2) is 0 Å². The number of aryl methyl sites for hydroxylation is 1. The molecule has 0 bridgehead atoms. The van der Waals surface area contributed by atoms with Gasteiger partial charge in [-0.3, -0.25) is 4.79 Å². The lowest BCUT2D eigenvalue weighted by Gasteiger charge is -2.13. The molecular formula is C16H28N2O2. The van der Waals surface area contributed by atoms with Crippen LogP contribution in [0.2, 0.25) is 0 Å². The number of likely N-dealkylation sites (N-methyl/N-ethyl adjacent to an activating group) is 1. The summed E-state index contributed by atoms with van der Waals surface area (Å²) in [5, 5.41) is 0. The van der Waals surface area contributed by atoms with Crippen LogP contribution in [0.5, 0.6) is 0 Å². The van der Waals surface area contributed by atoms with Crippen LogP contribution in [-0.4, -0.2) is 56.7 Å². The van der Waals surface area contributed by atoms with Gasteiger partial charge in [0.2, 0.25) is 0 Å². The monoisotopic (exact) mass is 280 g/mol. The Bertz CT molecular complexity index is 387. The third-order valence-corrected chi connectivity index (χ3v) is 1.96. The standard InChI is InChI=1S/C11H13NO2.C3H9N.C2H6/c1-9-4-3-5-10(8-9)11(14)12(2)6-7-13;1-4(2)3;1-2/h3-5,7-8H,6H2,1-2H3;1-3H3;1-2H3. The highest BCUT2D eigenvalue weighted by molar-refractivity contribution is 5.95. The average Bonchev–Trinajstić information content (AvgIpc) is 2.40. The first-order valence-electron chi connectivity index (χ1n) is 6.75. The summed E-state index contributed by atoms with van der Waals surface area (Å²) in [7, 11) is 7.61. The molecule has 0 N–H and O–H groups in total. The summed E-state index contributed by atoms with van der Waals surface area (Å²) in [6.45, 7) is 6.06. The van der Waals surface area contributed by atoms with Gasteiger partial charge in [-0.25, -0.2) is 0 Å². The molecule has 0 unspecified atom stereocenters. The quantitative estimate of drug-likeness (QED) is 0.799. The van der Waals surface area contributed by atoms with Crippen molar-refractivity contribution >= 4 is 12.2 Å². The zero-order chi connectivity index (χ0) is 16.1. The number of rotatable bonds is 3. The van der Waals surface area contributed by atoms with Gasteiger partial charge in [0.05, 0.1) is 6.54 Å². The van der Waals surface area contributed by atoms with Gasteiger partial charge in [-0.1, -0.05) is 31.5 Å². The molecule has 1 rings (SSSR count). The lowest BCUT2D eigenvalue weighted by Crippen LogP contribution is -2.28. The molecule has 0 spiro atoms. The van der Waals surface area contributed by atoms with Crippen molar-refractivity contribution < 1.29 is 9.59 Å². The van der Waals surface area contributed by atoms with Crippen molar-refractivity contribution in [2.24, 2.45) is 0 Å². The van der Waals surface area contributed by atoms with Gasteiger partial charge >= 0.3 is 0 Å². The zero-order valence-electron chi connectivity index (χ0n) is 13.8. The Morgan fingerprint density at radius 1 is 1.15 bits per heavy atom. The number of aldehydes is 1. The van der Waals surface area contributed by atoms with Gasteiger partial charge in [-0.2, -0.15) is 0 Å². The number of carbonyl (C=O) groups excluding carboxylic acids is 2. The molecule has 0 aliphatic carbocycles. The molecule has 4 nitrogen and oxygen atoms in total. The average molecular weight is 280 g/mol. The van der Waals surface area contributed by atoms with Gasteiger partial charge < -0.3 is 14.6 Å². The van der Waals surface area contributed by atoms with E-state index in [2.05, 4.69) is 0 Å². The highest BCUT2D eigenvalue weighted by Gasteiger charge is 2.10. The van der Waals surface area contributed by atoms with E-state index in [-0.39, 0.29) is 12.5 Å². The number of hydrogen-bond acceptors (Lipinski definition) is 3. The first-order valence-corrected chi connectivity index (χ1v) is 6.75. The summed E-state index contributed by atoms with van der Waals surface area (Å²) >= 11 is 0. The maximum absolute atomic E-state index is 11.7. The maximum atomic E-state index is 11.7. The van der Waals surface area contributed by atoms with Gasteiger partial charge in [-0.05, 0) is 40.2 Å². The SMILES string of the molecule is CC.CN(C)C.Cc1cccc(C(=O)N(C)CC=O)c1. The second-order valence-corrected chi connectivity index (χ2v) is 4.56. The van der Waals surface area contributed by atoms with Crippen molar-refractivity contribution in [2.75, 3.05) is 34.7 Å². The van der Waals surface area contributed by atoms with E-state index in [4.69, 9.17) is 0 Å². The fraction of sp³-hybridized carbons (Fsp3) is 0.500. The third kappa shape index (κ3) is 10.3. The van der Waals surface area contributed by atoms with Crippen molar-refractivity contribution in [2.45, 2.75) is 20.8 Å². The van der Waals surface area contributed by atoms with Gasteiger partial charge in [0, 0.05) is 12.6 Å². The molecule has 0 saturated carbocycles. The van der Waals surface area contributed by atoms with Crippen LogP contribution in [0.3, 0.4) is 0 Å². The third-order valence-electron chi connectivity index (χ3n) is 1.96. The van der Waals surface area contributed by atoms with Crippen LogP contribution in [0.1, 0.15) is 29.8 Å². The molecular weight excluding hydrogens is 252 g/mol. The second-order valence-electron chi connectivity index (χ2n) is 4.56. The fourth-order valence-electron chi connectivity index (χ4n) is 1.19. The van der Waals surface area contributed by atoms with E-state index in [0.717, 1.165) is 5.56 Å². The lowest BCUT2D eigenvalue weighted by molar-refractivity contribution is -0.108. The van der Waals surface area contributed by atoms with E-state index in [1.54, 1.807) is 13.1 Å². The molecule has 114 valence electrons. The molecule has 0 aromatic heterocycles. The summed E-state index contributed by atoms with van der Waals surface area (Å²) in [4.78, 5) is 25.3. The predicted octanol–water partition coefficient (Wildman–Crippen LogP) is 2.47. The second kappa shape index (κ2) is 12.4. The number of hydrogen-bond donors (Lipinski definition) is 0. The molecule has 0 radical (unpaired) electrons. The molecule has 0 aliphatic heterocycles. The predicted molar refractivity (Wildman–Crippen MR) is 85.2 cm³/mol. The number of carbonyl (C=O) groups is 2. The van der Waals surface area contributed by atoms with Gasteiger partial charge in [0.25, 0.3) is 5.91 Å². The molecule has 1 aromatic rings. The minimum absolute atomic E-state index is 0.124. The lowest BCUT2D eigenvalue weighted by atomic mass is 10.1. The zero-order valence-corrected chi connectivity index (χ0v) is 13.8. The van der Waals surface area contributed by atoms with Crippen LogP contribution in [0, 0.1) is 6.92 Å². The Labute approximate surface area is 123 Å². The number of amides is 1. The summed E-state index contributed by atoms with van der Waals surface area (Å²) in [6.07, 6.45) is 0.716. The maximum Gasteiger partial charge on any atom is 0.253 e. The molecule has 1 amide bonds. The molecule has 1 aromatic carbocycles. The van der Waals surface area contributed by atoms with E-state index in [1.165, 1.54) is 4.90 Å². The minimum atomic E-state index is -0.124. The molecule has 0 atom stereocenters. The van der Waals surface area contributed by atoms with Crippen LogP contribution in [0.4, 0.5) is 0 Å². The summed E-state index contributed by atoms with van der Waals surface area (Å²) in [6, 6.07) is 7.31. The van der Waals surface area contributed by atoms with E-state index < -0.39 is 0 Å². The first-order chi connectivity index (χ1) is 9.38. The Morgan fingerprint density at radius 3 is 2.05 bits per heavy atom. The Balaban J connectivity index is 0. The van der Waals surface area contributed by atoms with E-state index >= 15 is 0 Å². The van der Waals surface area contributed by atoms with Gasteiger partial charge in [-0.15, -0.1) is 0 Å². The topological polar surface area (TPSA) is 40.6 Å². The molecule has 0 saturated heterocycles. The van der Waals surface area contributed by atoms with Crippen LogP contribution in [-0.2, 0) is 4.79 Å². The molecule has 20 heavy (non-hydrogen) atoms. The van der Waals surface area contributed by atoms with Crippen LogP contribution in [0.15, 0.2) is 24.3 Å².